The number of aryl methyl sites for hydroxylation is 1. The van der Waals surface area contributed by atoms with Gasteiger partial charge in [-0.25, -0.2) is 9.97 Å². The molecule has 0 atom stereocenters. The third-order valence-corrected chi connectivity index (χ3v) is 5.63. The van der Waals surface area contributed by atoms with Crippen LogP contribution in [0.25, 0.3) is 10.9 Å². The van der Waals surface area contributed by atoms with Crippen molar-refractivity contribution >= 4 is 16.7 Å². The van der Waals surface area contributed by atoms with Crippen molar-refractivity contribution in [1.29, 1.82) is 0 Å². The Hall–Kier alpha value is -2.46. The molecule has 0 bridgehead atoms. The standard InChI is InChI=1S/C23H28N4/c1-3-22-24-21-12-8-7-11-20(21)23(25-22)26(2)19-13-15-27(16-14-19)17-18-9-5-4-6-10-18/h4-12,19H,3,13-17H2,1-2H3. The van der Waals surface area contributed by atoms with Crippen molar-refractivity contribution in [2.24, 2.45) is 0 Å². The van der Waals surface area contributed by atoms with E-state index in [4.69, 9.17) is 9.97 Å². The summed E-state index contributed by atoms with van der Waals surface area (Å²) in [5.74, 6) is 2.01. The smallest absolute Gasteiger partial charge is 0.140 e. The predicted octanol–water partition coefficient (Wildman–Crippen LogP) is 4.29. The number of nitrogens with zero attached hydrogens (tertiary/aromatic N) is 4. The van der Waals surface area contributed by atoms with Crippen molar-refractivity contribution in [2.45, 2.75) is 38.8 Å². The molecule has 0 radical (unpaired) electrons. The van der Waals surface area contributed by atoms with Gasteiger partial charge >= 0.3 is 0 Å². The van der Waals surface area contributed by atoms with E-state index in [1.807, 2.05) is 0 Å². The maximum atomic E-state index is 4.88. The van der Waals surface area contributed by atoms with Crippen LogP contribution in [0.15, 0.2) is 54.6 Å². The van der Waals surface area contributed by atoms with E-state index in [0.29, 0.717) is 6.04 Å². The van der Waals surface area contributed by atoms with Crippen molar-refractivity contribution in [2.75, 3.05) is 25.0 Å². The van der Waals surface area contributed by atoms with Gasteiger partial charge in [0.05, 0.1) is 5.52 Å². The van der Waals surface area contributed by atoms with E-state index < -0.39 is 0 Å². The van der Waals surface area contributed by atoms with Crippen LogP contribution in [0.4, 0.5) is 5.82 Å². The van der Waals surface area contributed by atoms with E-state index in [2.05, 4.69) is 78.4 Å². The molecule has 4 nitrogen and oxygen atoms in total. The summed E-state index contributed by atoms with van der Waals surface area (Å²) in [6.45, 7) is 5.44. The van der Waals surface area contributed by atoms with Crippen molar-refractivity contribution in [3.05, 3.63) is 66.0 Å². The zero-order valence-corrected chi connectivity index (χ0v) is 16.3. The van der Waals surface area contributed by atoms with E-state index in [-0.39, 0.29) is 0 Å². The van der Waals surface area contributed by atoms with E-state index in [0.717, 1.165) is 48.6 Å². The molecule has 2 heterocycles. The molecule has 3 aromatic rings. The number of anilines is 1. The number of likely N-dealkylation sites (tertiary alicyclic amines) is 1. The quantitative estimate of drug-likeness (QED) is 0.679. The van der Waals surface area contributed by atoms with Gasteiger partial charge in [-0.05, 0) is 30.5 Å². The third kappa shape index (κ3) is 3.96. The van der Waals surface area contributed by atoms with Crippen LogP contribution in [0.1, 0.15) is 31.2 Å². The summed E-state index contributed by atoms with van der Waals surface area (Å²) in [6.07, 6.45) is 3.20. The molecule has 2 aromatic carbocycles. The maximum Gasteiger partial charge on any atom is 0.140 e. The molecule has 0 aliphatic carbocycles. The zero-order chi connectivity index (χ0) is 18.6. The Balaban J connectivity index is 1.48. The Labute approximate surface area is 161 Å². The predicted molar refractivity (Wildman–Crippen MR) is 112 cm³/mol. The Kier molecular flexibility index (Phi) is 5.35. The van der Waals surface area contributed by atoms with Gasteiger partial charge in [-0.15, -0.1) is 0 Å². The van der Waals surface area contributed by atoms with Crippen LogP contribution in [0.3, 0.4) is 0 Å². The number of aromatic nitrogens is 2. The van der Waals surface area contributed by atoms with Gasteiger partial charge < -0.3 is 4.90 Å². The summed E-state index contributed by atoms with van der Waals surface area (Å²) < 4.78 is 0. The lowest BCUT2D eigenvalue weighted by Gasteiger charge is -2.37. The number of hydrogen-bond acceptors (Lipinski definition) is 4. The molecule has 1 aromatic heterocycles. The first-order chi connectivity index (χ1) is 13.2. The Bertz CT molecular complexity index is 885. The minimum absolute atomic E-state index is 0.528. The number of benzene rings is 2. The molecule has 140 valence electrons. The molecule has 0 unspecified atom stereocenters. The second kappa shape index (κ2) is 8.05. The van der Waals surface area contributed by atoms with Gasteiger partial charge in [0.2, 0.25) is 0 Å². The summed E-state index contributed by atoms with van der Waals surface area (Å²) in [7, 11) is 2.20. The summed E-state index contributed by atoms with van der Waals surface area (Å²) in [5, 5.41) is 1.16. The number of para-hydroxylation sites is 1. The molecule has 4 rings (SSSR count). The van der Waals surface area contributed by atoms with E-state index in [9.17, 15) is 0 Å². The number of rotatable bonds is 5. The van der Waals surface area contributed by atoms with Crippen molar-refractivity contribution in [3.8, 4) is 0 Å². The molecule has 1 fully saturated rings. The summed E-state index contributed by atoms with van der Waals surface area (Å²) in [4.78, 5) is 14.5. The molecule has 27 heavy (non-hydrogen) atoms. The molecule has 0 spiro atoms. The molecule has 0 N–H and O–H groups in total. The van der Waals surface area contributed by atoms with E-state index in [1.165, 1.54) is 18.4 Å². The fourth-order valence-corrected chi connectivity index (χ4v) is 4.01. The highest BCUT2D eigenvalue weighted by Gasteiger charge is 2.24. The Morgan fingerprint density at radius 1 is 0.963 bits per heavy atom. The highest BCUT2D eigenvalue weighted by molar-refractivity contribution is 5.89. The first-order valence-corrected chi connectivity index (χ1v) is 9.99. The first-order valence-electron chi connectivity index (χ1n) is 9.99. The monoisotopic (exact) mass is 360 g/mol. The lowest BCUT2D eigenvalue weighted by atomic mass is 10.0. The largest absolute Gasteiger partial charge is 0.356 e. The highest BCUT2D eigenvalue weighted by Crippen LogP contribution is 2.28. The normalized spacial score (nSPS) is 15.9. The molecular weight excluding hydrogens is 332 g/mol. The molecule has 0 amide bonds. The van der Waals surface area contributed by atoms with Crippen LogP contribution < -0.4 is 4.90 Å². The zero-order valence-electron chi connectivity index (χ0n) is 16.3. The van der Waals surface area contributed by atoms with Crippen molar-refractivity contribution in [1.82, 2.24) is 14.9 Å². The van der Waals surface area contributed by atoms with Crippen molar-refractivity contribution in [3.63, 3.8) is 0 Å². The number of piperidine rings is 1. The van der Waals surface area contributed by atoms with Gasteiger partial charge in [-0.1, -0.05) is 49.4 Å². The first kappa shape index (κ1) is 17.9. The van der Waals surface area contributed by atoms with Gasteiger partial charge in [-0.3, -0.25) is 4.90 Å². The third-order valence-electron chi connectivity index (χ3n) is 5.63. The van der Waals surface area contributed by atoms with Gasteiger partial charge in [0.1, 0.15) is 11.6 Å². The van der Waals surface area contributed by atoms with Crippen LogP contribution in [0.5, 0.6) is 0 Å². The van der Waals surface area contributed by atoms with E-state index >= 15 is 0 Å². The average Bonchev–Trinajstić information content (AvgIpc) is 2.73. The van der Waals surface area contributed by atoms with Crippen LogP contribution in [-0.2, 0) is 13.0 Å². The molecule has 0 saturated carbocycles. The number of fused-ring (bicyclic) bond motifs is 1. The summed E-state index contributed by atoms with van der Waals surface area (Å²) in [5.41, 5.74) is 2.45. The van der Waals surface area contributed by atoms with Crippen molar-refractivity contribution < 1.29 is 0 Å². The Morgan fingerprint density at radius 2 is 1.67 bits per heavy atom. The lowest BCUT2D eigenvalue weighted by molar-refractivity contribution is 0.203. The molecule has 1 aliphatic heterocycles. The minimum atomic E-state index is 0.528. The minimum Gasteiger partial charge on any atom is -0.356 e. The fourth-order valence-electron chi connectivity index (χ4n) is 4.01. The van der Waals surface area contributed by atoms with Gasteiger partial charge in [-0.2, -0.15) is 0 Å². The van der Waals surface area contributed by atoms with Gasteiger partial charge in [0, 0.05) is 44.5 Å². The second-order valence-corrected chi connectivity index (χ2v) is 7.44. The second-order valence-electron chi connectivity index (χ2n) is 7.44. The van der Waals surface area contributed by atoms with Crippen LogP contribution in [-0.4, -0.2) is 41.0 Å². The lowest BCUT2D eigenvalue weighted by Crippen LogP contribution is -2.43. The highest BCUT2D eigenvalue weighted by atomic mass is 15.2. The molecular formula is C23H28N4. The van der Waals surface area contributed by atoms with E-state index in [1.54, 1.807) is 0 Å². The SMILES string of the molecule is CCc1nc(N(C)C2CCN(Cc3ccccc3)CC2)c2ccccc2n1. The average molecular weight is 361 g/mol. The van der Waals surface area contributed by atoms with Gasteiger partial charge in [0.15, 0.2) is 0 Å². The molecule has 1 saturated heterocycles. The molecule has 1 aliphatic rings. The molecule has 4 heteroatoms. The maximum absolute atomic E-state index is 4.88. The van der Waals surface area contributed by atoms with Crippen LogP contribution >= 0.6 is 0 Å². The summed E-state index contributed by atoms with van der Waals surface area (Å²) >= 11 is 0. The van der Waals surface area contributed by atoms with Crippen LogP contribution in [0, 0.1) is 0 Å². The van der Waals surface area contributed by atoms with Gasteiger partial charge in [0.25, 0.3) is 0 Å². The summed E-state index contributed by atoms with van der Waals surface area (Å²) in [6, 6.07) is 19.7. The van der Waals surface area contributed by atoms with Crippen LogP contribution in [0.2, 0.25) is 0 Å². The fraction of sp³-hybridized carbons (Fsp3) is 0.391. The topological polar surface area (TPSA) is 32.3 Å². The number of hydrogen-bond donors (Lipinski definition) is 0. The Morgan fingerprint density at radius 3 is 2.41 bits per heavy atom.